The molecule has 3 aromatic rings. The van der Waals surface area contributed by atoms with Crippen LogP contribution in [0.1, 0.15) is 16.1 Å². The van der Waals surface area contributed by atoms with Gasteiger partial charge in [-0.25, -0.2) is 13.6 Å². The molecule has 0 spiro atoms. The van der Waals surface area contributed by atoms with Gasteiger partial charge in [-0.2, -0.15) is 0 Å². The number of hydrogen-bond acceptors (Lipinski definition) is 5. The standard InChI is InChI=1S/C27H31F2N3O6/c28-22-16-21-17-25(26(33)30-6-8-31(9-7-30)27(34)35)32(24(21)18-23(22)29)10-11-36-12-13-37-14-15-38-19-20-4-2-1-3-5-20/h1-5,16-18H,6-15,19H2,(H,34,35). The Morgan fingerprint density at radius 3 is 2.08 bits per heavy atom. The van der Waals surface area contributed by atoms with Crippen LogP contribution in [-0.4, -0.2) is 90.7 Å². The fourth-order valence-corrected chi connectivity index (χ4v) is 4.30. The highest BCUT2D eigenvalue weighted by Crippen LogP contribution is 2.24. The summed E-state index contributed by atoms with van der Waals surface area (Å²) < 4.78 is 46.2. The first-order valence-corrected chi connectivity index (χ1v) is 12.5. The molecule has 1 N–H and O–H groups in total. The monoisotopic (exact) mass is 531 g/mol. The van der Waals surface area contributed by atoms with E-state index < -0.39 is 17.7 Å². The van der Waals surface area contributed by atoms with E-state index in [2.05, 4.69) is 0 Å². The molecule has 38 heavy (non-hydrogen) atoms. The van der Waals surface area contributed by atoms with Crippen molar-refractivity contribution < 1.29 is 37.7 Å². The van der Waals surface area contributed by atoms with Gasteiger partial charge in [0.2, 0.25) is 0 Å². The number of halogens is 2. The molecule has 4 rings (SSSR count). The summed E-state index contributed by atoms with van der Waals surface area (Å²) in [5, 5.41) is 9.54. The van der Waals surface area contributed by atoms with Gasteiger partial charge in [0.1, 0.15) is 5.69 Å². The Bertz CT molecular complexity index is 1230. The van der Waals surface area contributed by atoms with Gasteiger partial charge in [-0.15, -0.1) is 0 Å². The molecule has 9 nitrogen and oxygen atoms in total. The highest BCUT2D eigenvalue weighted by molar-refractivity contribution is 5.99. The molecule has 2 heterocycles. The summed E-state index contributed by atoms with van der Waals surface area (Å²) in [6, 6.07) is 13.5. The summed E-state index contributed by atoms with van der Waals surface area (Å²) in [5.41, 5.74) is 1.74. The lowest BCUT2D eigenvalue weighted by atomic mass is 10.2. The molecule has 1 aliphatic rings. The number of fused-ring (bicyclic) bond motifs is 1. The molecule has 1 aromatic heterocycles. The van der Waals surface area contributed by atoms with Crippen molar-refractivity contribution in [3.05, 3.63) is 71.4 Å². The largest absolute Gasteiger partial charge is 0.465 e. The normalized spacial score (nSPS) is 13.8. The molecule has 0 unspecified atom stereocenters. The van der Waals surface area contributed by atoms with Crippen LogP contribution in [0, 0.1) is 11.6 Å². The molecule has 2 amide bonds. The van der Waals surface area contributed by atoms with Crippen LogP contribution >= 0.6 is 0 Å². The lowest BCUT2D eigenvalue weighted by Gasteiger charge is -2.33. The first kappa shape index (κ1) is 27.5. The number of benzene rings is 2. The van der Waals surface area contributed by atoms with E-state index in [1.165, 1.54) is 11.0 Å². The highest BCUT2D eigenvalue weighted by Gasteiger charge is 2.27. The average molecular weight is 532 g/mol. The van der Waals surface area contributed by atoms with E-state index >= 15 is 0 Å². The number of aromatic nitrogens is 1. The molecular weight excluding hydrogens is 500 g/mol. The van der Waals surface area contributed by atoms with Gasteiger partial charge in [-0.3, -0.25) is 4.79 Å². The topological polar surface area (TPSA) is 93.5 Å². The third-order valence-corrected chi connectivity index (χ3v) is 6.31. The van der Waals surface area contributed by atoms with Gasteiger partial charge in [-0.05, 0) is 17.7 Å². The lowest BCUT2D eigenvalue weighted by molar-refractivity contribution is 0.00940. The summed E-state index contributed by atoms with van der Waals surface area (Å²) in [7, 11) is 0. The summed E-state index contributed by atoms with van der Waals surface area (Å²) in [5.74, 6) is -2.33. The number of carbonyl (C=O) groups excluding carboxylic acids is 1. The first-order valence-electron chi connectivity index (χ1n) is 12.5. The molecule has 2 aromatic carbocycles. The first-order chi connectivity index (χ1) is 18.4. The minimum atomic E-state index is -1.03. The molecular formula is C27H31F2N3O6. The van der Waals surface area contributed by atoms with Gasteiger partial charge in [0.05, 0.1) is 45.2 Å². The number of nitrogens with zero attached hydrogens (tertiary/aromatic N) is 3. The zero-order valence-corrected chi connectivity index (χ0v) is 21.0. The lowest BCUT2D eigenvalue weighted by Crippen LogP contribution is -2.50. The van der Waals surface area contributed by atoms with E-state index in [4.69, 9.17) is 19.3 Å². The van der Waals surface area contributed by atoms with E-state index in [1.807, 2.05) is 30.3 Å². The van der Waals surface area contributed by atoms with Crippen molar-refractivity contribution in [2.75, 3.05) is 59.2 Å². The number of piperazine rings is 1. The molecule has 204 valence electrons. The SMILES string of the molecule is O=C(O)N1CCN(C(=O)c2cc3cc(F)c(F)cc3n2CCOCCOCCOCc2ccccc2)CC1. The quantitative estimate of drug-likeness (QED) is 0.359. The Morgan fingerprint density at radius 2 is 1.39 bits per heavy atom. The van der Waals surface area contributed by atoms with Gasteiger partial charge in [0.25, 0.3) is 5.91 Å². The van der Waals surface area contributed by atoms with Gasteiger partial charge in [-0.1, -0.05) is 30.3 Å². The fourth-order valence-electron chi connectivity index (χ4n) is 4.30. The number of amides is 2. The molecule has 0 radical (unpaired) electrons. The highest BCUT2D eigenvalue weighted by atomic mass is 19.2. The number of carbonyl (C=O) groups is 2. The Morgan fingerprint density at radius 1 is 0.789 bits per heavy atom. The van der Waals surface area contributed by atoms with E-state index in [0.717, 1.165) is 17.7 Å². The summed E-state index contributed by atoms with van der Waals surface area (Å²) in [6.07, 6.45) is -1.03. The van der Waals surface area contributed by atoms with Gasteiger partial charge in [0, 0.05) is 44.2 Å². The molecule has 1 aliphatic heterocycles. The Balaban J connectivity index is 1.27. The molecule has 0 bridgehead atoms. The van der Waals surface area contributed by atoms with E-state index in [-0.39, 0.29) is 50.9 Å². The van der Waals surface area contributed by atoms with Crippen molar-refractivity contribution in [2.24, 2.45) is 0 Å². The number of hydrogen-bond donors (Lipinski definition) is 1. The van der Waals surface area contributed by atoms with Crippen molar-refractivity contribution >= 4 is 22.9 Å². The van der Waals surface area contributed by atoms with Crippen LogP contribution in [0.5, 0.6) is 0 Å². The molecule has 1 saturated heterocycles. The van der Waals surface area contributed by atoms with Crippen LogP contribution in [0.15, 0.2) is 48.5 Å². The second-order valence-electron chi connectivity index (χ2n) is 8.83. The maximum absolute atomic E-state index is 14.0. The minimum Gasteiger partial charge on any atom is -0.465 e. The Kier molecular flexibility index (Phi) is 9.63. The zero-order valence-electron chi connectivity index (χ0n) is 21.0. The second-order valence-corrected chi connectivity index (χ2v) is 8.83. The fraction of sp³-hybridized carbons (Fsp3) is 0.407. The van der Waals surface area contributed by atoms with Crippen molar-refractivity contribution in [2.45, 2.75) is 13.2 Å². The zero-order chi connectivity index (χ0) is 26.9. The summed E-state index contributed by atoms with van der Waals surface area (Å²) >= 11 is 0. The van der Waals surface area contributed by atoms with Gasteiger partial charge in [0.15, 0.2) is 11.6 Å². The number of carboxylic acid groups (broad SMARTS) is 1. The van der Waals surface area contributed by atoms with Crippen molar-refractivity contribution in [3.63, 3.8) is 0 Å². The summed E-state index contributed by atoms with van der Waals surface area (Å²) in [4.78, 5) is 27.2. The smallest absolute Gasteiger partial charge is 0.407 e. The van der Waals surface area contributed by atoms with E-state index in [0.29, 0.717) is 43.9 Å². The molecule has 11 heteroatoms. The number of rotatable bonds is 12. The minimum absolute atomic E-state index is 0.199. The molecule has 0 aliphatic carbocycles. The van der Waals surface area contributed by atoms with E-state index in [9.17, 15) is 18.4 Å². The third-order valence-electron chi connectivity index (χ3n) is 6.31. The molecule has 0 saturated carbocycles. The predicted molar refractivity (Wildman–Crippen MR) is 135 cm³/mol. The van der Waals surface area contributed by atoms with Crippen LogP contribution in [0.2, 0.25) is 0 Å². The van der Waals surface area contributed by atoms with Crippen LogP contribution < -0.4 is 0 Å². The summed E-state index contributed by atoms with van der Waals surface area (Å²) in [6.45, 7) is 3.42. The average Bonchev–Trinajstić information content (AvgIpc) is 3.27. The maximum Gasteiger partial charge on any atom is 0.407 e. The maximum atomic E-state index is 14.0. The number of ether oxygens (including phenoxy) is 3. The van der Waals surface area contributed by atoms with Crippen LogP contribution in [0.3, 0.4) is 0 Å². The van der Waals surface area contributed by atoms with Gasteiger partial charge >= 0.3 is 6.09 Å². The van der Waals surface area contributed by atoms with Crippen molar-refractivity contribution in [1.29, 1.82) is 0 Å². The Hall–Kier alpha value is -3.54. The van der Waals surface area contributed by atoms with Crippen molar-refractivity contribution in [1.82, 2.24) is 14.4 Å². The van der Waals surface area contributed by atoms with Crippen LogP contribution in [0.4, 0.5) is 13.6 Å². The Labute approximate surface area is 219 Å². The molecule has 0 atom stereocenters. The molecule has 1 fully saturated rings. The third kappa shape index (κ3) is 7.06. The van der Waals surface area contributed by atoms with Crippen LogP contribution in [-0.2, 0) is 27.4 Å². The second kappa shape index (κ2) is 13.3. The van der Waals surface area contributed by atoms with Gasteiger partial charge < -0.3 is 33.7 Å². The van der Waals surface area contributed by atoms with Crippen LogP contribution in [0.25, 0.3) is 10.9 Å². The van der Waals surface area contributed by atoms with E-state index in [1.54, 1.807) is 9.47 Å². The van der Waals surface area contributed by atoms with Crippen molar-refractivity contribution in [3.8, 4) is 0 Å². The predicted octanol–water partition coefficient (Wildman–Crippen LogP) is 3.61.